The zero-order chi connectivity index (χ0) is 9.97. The average molecular weight is 186 g/mol. The Morgan fingerprint density at radius 2 is 2.00 bits per heavy atom. The molecule has 0 aliphatic heterocycles. The van der Waals surface area contributed by atoms with Gasteiger partial charge in [-0.15, -0.1) is 0 Å². The van der Waals surface area contributed by atoms with Gasteiger partial charge >= 0.3 is 0 Å². The van der Waals surface area contributed by atoms with E-state index in [1.54, 1.807) is 0 Å². The van der Waals surface area contributed by atoms with E-state index < -0.39 is 0 Å². The Morgan fingerprint density at radius 1 is 1.29 bits per heavy atom. The van der Waals surface area contributed by atoms with Crippen LogP contribution < -0.4 is 0 Å². The summed E-state index contributed by atoms with van der Waals surface area (Å²) in [7, 11) is 0. The zero-order valence-corrected chi connectivity index (χ0v) is 7.82. The Kier molecular flexibility index (Phi) is 2.14. The lowest BCUT2D eigenvalue weighted by Crippen LogP contribution is -1.85. The lowest BCUT2D eigenvalue weighted by Gasteiger charge is -1.98. The highest BCUT2D eigenvalue weighted by atomic mass is 16.1. The van der Waals surface area contributed by atoms with Crippen molar-refractivity contribution in [1.29, 1.82) is 0 Å². The fourth-order valence-corrected chi connectivity index (χ4v) is 1.34. The number of hydrogen-bond acceptors (Lipinski definition) is 2. The SMILES string of the molecule is Cc1ccc(-c2nc[nH]c2C=O)cc1. The first-order valence-corrected chi connectivity index (χ1v) is 4.37. The molecule has 14 heavy (non-hydrogen) atoms. The molecule has 0 bridgehead atoms. The van der Waals surface area contributed by atoms with Gasteiger partial charge in [-0.2, -0.15) is 0 Å². The maximum atomic E-state index is 10.7. The van der Waals surface area contributed by atoms with Gasteiger partial charge in [0.25, 0.3) is 0 Å². The Bertz CT molecular complexity index is 443. The Hall–Kier alpha value is -1.90. The number of aromatic nitrogens is 2. The molecule has 70 valence electrons. The van der Waals surface area contributed by atoms with Crippen LogP contribution in [-0.2, 0) is 0 Å². The van der Waals surface area contributed by atoms with Crippen LogP contribution in [0.5, 0.6) is 0 Å². The summed E-state index contributed by atoms with van der Waals surface area (Å²) >= 11 is 0. The van der Waals surface area contributed by atoms with Crippen molar-refractivity contribution in [1.82, 2.24) is 9.97 Å². The molecule has 0 aliphatic carbocycles. The molecule has 0 fully saturated rings. The molecule has 2 rings (SSSR count). The quantitative estimate of drug-likeness (QED) is 0.731. The van der Waals surface area contributed by atoms with Gasteiger partial charge in [-0.25, -0.2) is 4.98 Å². The molecule has 0 amide bonds. The van der Waals surface area contributed by atoms with E-state index in [1.165, 1.54) is 11.9 Å². The van der Waals surface area contributed by atoms with E-state index in [-0.39, 0.29) is 0 Å². The molecular weight excluding hydrogens is 176 g/mol. The second-order valence-corrected chi connectivity index (χ2v) is 3.15. The predicted octanol–water partition coefficient (Wildman–Crippen LogP) is 2.20. The van der Waals surface area contributed by atoms with Crippen LogP contribution in [0.1, 0.15) is 16.1 Å². The molecule has 1 heterocycles. The summed E-state index contributed by atoms with van der Waals surface area (Å²) in [6, 6.07) is 7.91. The lowest BCUT2D eigenvalue weighted by molar-refractivity contribution is 0.112. The maximum absolute atomic E-state index is 10.7. The lowest BCUT2D eigenvalue weighted by atomic mass is 10.1. The smallest absolute Gasteiger partial charge is 0.168 e. The van der Waals surface area contributed by atoms with E-state index in [0.717, 1.165) is 11.8 Å². The summed E-state index contributed by atoms with van der Waals surface area (Å²) in [6.45, 7) is 2.02. The summed E-state index contributed by atoms with van der Waals surface area (Å²) < 4.78 is 0. The van der Waals surface area contributed by atoms with Crippen LogP contribution in [0, 0.1) is 6.92 Å². The van der Waals surface area contributed by atoms with Crippen molar-refractivity contribution in [2.45, 2.75) is 6.92 Å². The number of rotatable bonds is 2. The number of benzene rings is 1. The zero-order valence-electron chi connectivity index (χ0n) is 7.82. The fourth-order valence-electron chi connectivity index (χ4n) is 1.34. The summed E-state index contributed by atoms with van der Waals surface area (Å²) in [5, 5.41) is 0. The molecule has 0 atom stereocenters. The summed E-state index contributed by atoms with van der Waals surface area (Å²) in [5.41, 5.74) is 3.38. The van der Waals surface area contributed by atoms with E-state index in [2.05, 4.69) is 9.97 Å². The first-order valence-electron chi connectivity index (χ1n) is 4.37. The summed E-state index contributed by atoms with van der Waals surface area (Å²) in [5.74, 6) is 0. The van der Waals surface area contributed by atoms with E-state index >= 15 is 0 Å². The number of aryl methyl sites for hydroxylation is 1. The number of nitrogens with zero attached hydrogens (tertiary/aromatic N) is 1. The molecule has 0 aliphatic rings. The van der Waals surface area contributed by atoms with Gasteiger partial charge in [0.2, 0.25) is 0 Å². The van der Waals surface area contributed by atoms with Crippen LogP contribution in [-0.4, -0.2) is 16.3 Å². The van der Waals surface area contributed by atoms with Gasteiger partial charge in [0, 0.05) is 5.56 Å². The second-order valence-electron chi connectivity index (χ2n) is 3.15. The number of aromatic amines is 1. The third-order valence-electron chi connectivity index (χ3n) is 2.11. The molecule has 3 heteroatoms. The van der Waals surface area contributed by atoms with Crippen LogP contribution in [0.4, 0.5) is 0 Å². The average Bonchev–Trinajstić information content (AvgIpc) is 2.67. The normalized spacial score (nSPS) is 10.1. The molecule has 2 aromatic rings. The van der Waals surface area contributed by atoms with Crippen LogP contribution in [0.25, 0.3) is 11.3 Å². The van der Waals surface area contributed by atoms with Gasteiger partial charge in [-0.3, -0.25) is 4.79 Å². The van der Waals surface area contributed by atoms with Gasteiger partial charge < -0.3 is 4.98 Å². The van der Waals surface area contributed by atoms with Gasteiger partial charge in [0.05, 0.1) is 12.0 Å². The van der Waals surface area contributed by atoms with Gasteiger partial charge in [-0.05, 0) is 6.92 Å². The minimum Gasteiger partial charge on any atom is -0.342 e. The minimum atomic E-state index is 0.522. The van der Waals surface area contributed by atoms with Crippen molar-refractivity contribution in [3.05, 3.63) is 41.9 Å². The Labute approximate surface area is 81.8 Å². The van der Waals surface area contributed by atoms with Gasteiger partial charge in [0.15, 0.2) is 6.29 Å². The minimum absolute atomic E-state index is 0.522. The molecule has 0 saturated carbocycles. The Balaban J connectivity index is 2.49. The van der Waals surface area contributed by atoms with Crippen molar-refractivity contribution in [2.75, 3.05) is 0 Å². The van der Waals surface area contributed by atoms with E-state index in [9.17, 15) is 4.79 Å². The third-order valence-corrected chi connectivity index (χ3v) is 2.11. The molecule has 0 saturated heterocycles. The molecular formula is C11H10N2O. The number of aldehydes is 1. The van der Waals surface area contributed by atoms with E-state index in [1.807, 2.05) is 31.2 Å². The van der Waals surface area contributed by atoms with Crippen molar-refractivity contribution in [3.63, 3.8) is 0 Å². The monoisotopic (exact) mass is 186 g/mol. The number of imidazole rings is 1. The van der Waals surface area contributed by atoms with Crippen LogP contribution in [0.15, 0.2) is 30.6 Å². The Morgan fingerprint density at radius 3 is 2.64 bits per heavy atom. The topological polar surface area (TPSA) is 45.8 Å². The van der Waals surface area contributed by atoms with Crippen molar-refractivity contribution in [3.8, 4) is 11.3 Å². The largest absolute Gasteiger partial charge is 0.342 e. The number of nitrogens with one attached hydrogen (secondary N) is 1. The molecule has 1 aromatic heterocycles. The highest BCUT2D eigenvalue weighted by molar-refractivity contribution is 5.83. The second kappa shape index (κ2) is 3.46. The summed E-state index contributed by atoms with van der Waals surface area (Å²) in [6.07, 6.45) is 2.31. The van der Waals surface area contributed by atoms with Crippen molar-refractivity contribution < 1.29 is 4.79 Å². The highest BCUT2D eigenvalue weighted by Gasteiger charge is 2.05. The molecule has 0 radical (unpaired) electrons. The number of carbonyl (C=O) groups excluding carboxylic acids is 1. The first-order chi connectivity index (χ1) is 6.81. The van der Waals surface area contributed by atoms with E-state index in [0.29, 0.717) is 11.4 Å². The standard InChI is InChI=1S/C11H10N2O/c1-8-2-4-9(5-3-8)11-10(6-14)12-7-13-11/h2-7H,1H3,(H,12,13). The fraction of sp³-hybridized carbons (Fsp3) is 0.0909. The highest BCUT2D eigenvalue weighted by Crippen LogP contribution is 2.19. The summed E-state index contributed by atoms with van der Waals surface area (Å²) in [4.78, 5) is 17.5. The molecule has 1 N–H and O–H groups in total. The van der Waals surface area contributed by atoms with Crippen molar-refractivity contribution >= 4 is 6.29 Å². The molecule has 0 unspecified atom stereocenters. The molecule has 0 spiro atoms. The predicted molar refractivity (Wildman–Crippen MR) is 54.1 cm³/mol. The number of carbonyl (C=O) groups is 1. The first kappa shape index (κ1) is 8.69. The molecule has 3 nitrogen and oxygen atoms in total. The van der Waals surface area contributed by atoms with Gasteiger partial charge in [-0.1, -0.05) is 29.8 Å². The molecule has 1 aromatic carbocycles. The van der Waals surface area contributed by atoms with Gasteiger partial charge in [0.1, 0.15) is 5.69 Å². The van der Waals surface area contributed by atoms with Crippen LogP contribution in [0.2, 0.25) is 0 Å². The number of hydrogen-bond donors (Lipinski definition) is 1. The number of H-pyrrole nitrogens is 1. The third kappa shape index (κ3) is 1.44. The van der Waals surface area contributed by atoms with Crippen molar-refractivity contribution in [2.24, 2.45) is 0 Å². The van der Waals surface area contributed by atoms with Crippen LogP contribution >= 0.6 is 0 Å². The maximum Gasteiger partial charge on any atom is 0.168 e. The van der Waals surface area contributed by atoms with E-state index in [4.69, 9.17) is 0 Å². The van der Waals surface area contributed by atoms with Crippen LogP contribution in [0.3, 0.4) is 0 Å².